The van der Waals surface area contributed by atoms with Crippen LogP contribution in [0.3, 0.4) is 0 Å². The number of halogens is 6. The topological polar surface area (TPSA) is 43.8 Å². The molecule has 0 aliphatic heterocycles. The molecule has 2 rings (SSSR count). The van der Waals surface area contributed by atoms with E-state index in [0.29, 0.717) is 27.6 Å². The molecule has 0 radical (unpaired) electrons. The molecule has 1 aromatic heterocycles. The molecule has 0 aliphatic carbocycles. The summed E-state index contributed by atoms with van der Waals surface area (Å²) in [6.07, 6.45) is -3.64. The highest BCUT2D eigenvalue weighted by molar-refractivity contribution is 5.47. The highest BCUT2D eigenvalue weighted by Gasteiger charge is 2.65. The van der Waals surface area contributed by atoms with Crippen LogP contribution in [0.5, 0.6) is 0 Å². The number of anilines is 1. The average Bonchev–Trinajstić information content (AvgIpc) is 2.91. The standard InChI is InChI=1S/C14H13F6N3/c1-8-6-9(2-3-10(8)21)7-23-11(4-5-22-23)13(17,18)14(19,20)12(15)16/h2-6,12H,7,21H2,1H3. The summed E-state index contributed by atoms with van der Waals surface area (Å²) in [6, 6.07) is 5.21. The Hall–Kier alpha value is -2.19. The van der Waals surface area contributed by atoms with Gasteiger partial charge in [-0.3, -0.25) is 4.68 Å². The third-order valence-electron chi connectivity index (χ3n) is 3.40. The van der Waals surface area contributed by atoms with Crippen molar-refractivity contribution in [1.29, 1.82) is 0 Å². The number of nitrogens with zero attached hydrogens (tertiary/aromatic N) is 2. The monoisotopic (exact) mass is 337 g/mol. The maximum absolute atomic E-state index is 13.8. The Morgan fingerprint density at radius 2 is 1.83 bits per heavy atom. The zero-order valence-electron chi connectivity index (χ0n) is 11.9. The minimum atomic E-state index is -5.50. The summed E-state index contributed by atoms with van der Waals surface area (Å²) < 4.78 is 79.1. The first-order valence-electron chi connectivity index (χ1n) is 6.48. The summed E-state index contributed by atoms with van der Waals surface area (Å²) >= 11 is 0. The van der Waals surface area contributed by atoms with Gasteiger partial charge < -0.3 is 5.73 Å². The van der Waals surface area contributed by atoms with Gasteiger partial charge in [0.15, 0.2) is 0 Å². The highest BCUT2D eigenvalue weighted by Crippen LogP contribution is 2.46. The third kappa shape index (κ3) is 2.99. The summed E-state index contributed by atoms with van der Waals surface area (Å²) in [5, 5.41) is 3.53. The predicted octanol–water partition coefficient (Wildman–Crippen LogP) is 3.81. The van der Waals surface area contributed by atoms with Crippen LogP contribution in [0.2, 0.25) is 0 Å². The molecule has 0 unspecified atom stereocenters. The van der Waals surface area contributed by atoms with Crippen molar-refractivity contribution in [1.82, 2.24) is 9.78 Å². The zero-order chi connectivity index (χ0) is 17.4. The molecular formula is C14H13F6N3. The fourth-order valence-corrected chi connectivity index (χ4v) is 2.04. The summed E-state index contributed by atoms with van der Waals surface area (Å²) in [4.78, 5) is 0. The molecule has 0 bridgehead atoms. The van der Waals surface area contributed by atoms with E-state index in [1.807, 2.05) is 0 Å². The molecule has 2 aromatic rings. The maximum atomic E-state index is 13.8. The Morgan fingerprint density at radius 1 is 1.17 bits per heavy atom. The first-order valence-corrected chi connectivity index (χ1v) is 6.48. The number of hydrogen-bond acceptors (Lipinski definition) is 2. The normalized spacial score (nSPS) is 12.9. The third-order valence-corrected chi connectivity index (χ3v) is 3.40. The number of alkyl halides is 6. The molecule has 23 heavy (non-hydrogen) atoms. The first-order chi connectivity index (χ1) is 10.6. The largest absolute Gasteiger partial charge is 0.399 e. The number of rotatable bonds is 5. The van der Waals surface area contributed by atoms with E-state index in [2.05, 4.69) is 5.10 Å². The van der Waals surface area contributed by atoms with Crippen molar-refractivity contribution in [3.05, 3.63) is 47.3 Å². The van der Waals surface area contributed by atoms with Crippen molar-refractivity contribution in [2.24, 2.45) is 0 Å². The van der Waals surface area contributed by atoms with Gasteiger partial charge in [-0.25, -0.2) is 8.78 Å². The van der Waals surface area contributed by atoms with E-state index in [1.54, 1.807) is 13.0 Å². The molecule has 126 valence electrons. The first kappa shape index (κ1) is 17.2. The lowest BCUT2D eigenvalue weighted by atomic mass is 10.1. The second kappa shape index (κ2) is 5.78. The second-order valence-electron chi connectivity index (χ2n) is 5.06. The fourth-order valence-electron chi connectivity index (χ4n) is 2.04. The fraction of sp³-hybridized carbons (Fsp3) is 0.357. The van der Waals surface area contributed by atoms with Gasteiger partial charge in [0.1, 0.15) is 5.69 Å². The molecule has 3 nitrogen and oxygen atoms in total. The number of benzene rings is 1. The van der Waals surface area contributed by atoms with Crippen LogP contribution in [0, 0.1) is 6.92 Å². The number of hydrogen-bond donors (Lipinski definition) is 1. The van der Waals surface area contributed by atoms with Crippen molar-refractivity contribution >= 4 is 5.69 Å². The molecular weight excluding hydrogens is 324 g/mol. The van der Waals surface area contributed by atoms with Gasteiger partial charge in [0.05, 0.1) is 6.54 Å². The van der Waals surface area contributed by atoms with Crippen molar-refractivity contribution in [2.45, 2.75) is 31.7 Å². The quantitative estimate of drug-likeness (QED) is 0.666. The Kier molecular flexibility index (Phi) is 4.32. The summed E-state index contributed by atoms with van der Waals surface area (Å²) in [5.41, 5.74) is 5.96. The van der Waals surface area contributed by atoms with E-state index in [4.69, 9.17) is 5.73 Å². The molecule has 0 atom stereocenters. The van der Waals surface area contributed by atoms with Crippen molar-refractivity contribution < 1.29 is 26.3 Å². The summed E-state index contributed by atoms with van der Waals surface area (Å²) in [6.45, 7) is 1.40. The minimum absolute atomic E-state index is 0.279. The summed E-state index contributed by atoms with van der Waals surface area (Å²) in [5.74, 6) is -10.6. The van der Waals surface area contributed by atoms with Crippen LogP contribution in [0.4, 0.5) is 32.0 Å². The van der Waals surface area contributed by atoms with Crippen LogP contribution >= 0.6 is 0 Å². The van der Waals surface area contributed by atoms with Crippen LogP contribution in [-0.4, -0.2) is 22.1 Å². The maximum Gasteiger partial charge on any atom is 0.375 e. The number of nitrogen functional groups attached to an aromatic ring is 1. The smallest absolute Gasteiger partial charge is 0.375 e. The van der Waals surface area contributed by atoms with E-state index < -0.39 is 24.0 Å². The Morgan fingerprint density at radius 3 is 2.39 bits per heavy atom. The van der Waals surface area contributed by atoms with E-state index in [1.165, 1.54) is 12.1 Å². The van der Waals surface area contributed by atoms with Crippen LogP contribution in [-0.2, 0) is 12.5 Å². The molecule has 0 spiro atoms. The average molecular weight is 337 g/mol. The van der Waals surface area contributed by atoms with Crippen LogP contribution in [0.15, 0.2) is 30.5 Å². The molecule has 0 fully saturated rings. The number of aryl methyl sites for hydroxylation is 1. The molecule has 0 aliphatic rings. The van der Waals surface area contributed by atoms with Crippen LogP contribution in [0.25, 0.3) is 0 Å². The van der Waals surface area contributed by atoms with Crippen LogP contribution in [0.1, 0.15) is 16.8 Å². The lowest BCUT2D eigenvalue weighted by Crippen LogP contribution is -2.45. The SMILES string of the molecule is Cc1cc(Cn2nccc2C(F)(F)C(F)(F)C(F)F)ccc1N. The lowest BCUT2D eigenvalue weighted by molar-refractivity contribution is -0.273. The lowest BCUT2D eigenvalue weighted by Gasteiger charge is -2.26. The van der Waals surface area contributed by atoms with Crippen molar-refractivity contribution in [3.63, 3.8) is 0 Å². The van der Waals surface area contributed by atoms with E-state index in [9.17, 15) is 26.3 Å². The predicted molar refractivity (Wildman–Crippen MR) is 71.8 cm³/mol. The minimum Gasteiger partial charge on any atom is -0.399 e. The van der Waals surface area contributed by atoms with Gasteiger partial charge in [-0.1, -0.05) is 12.1 Å². The van der Waals surface area contributed by atoms with Gasteiger partial charge in [-0.15, -0.1) is 0 Å². The second-order valence-corrected chi connectivity index (χ2v) is 5.06. The number of nitrogens with two attached hydrogens (primary N) is 1. The molecule has 1 heterocycles. The van der Waals surface area contributed by atoms with Gasteiger partial charge in [0.2, 0.25) is 0 Å². The van der Waals surface area contributed by atoms with Gasteiger partial charge in [-0.05, 0) is 30.2 Å². The Bertz CT molecular complexity index is 696. The van der Waals surface area contributed by atoms with Gasteiger partial charge >= 0.3 is 18.3 Å². The zero-order valence-corrected chi connectivity index (χ0v) is 11.9. The van der Waals surface area contributed by atoms with Crippen LogP contribution < -0.4 is 5.73 Å². The van der Waals surface area contributed by atoms with Crippen molar-refractivity contribution in [3.8, 4) is 0 Å². The summed E-state index contributed by atoms with van der Waals surface area (Å²) in [7, 11) is 0. The molecule has 9 heteroatoms. The van der Waals surface area contributed by atoms with E-state index in [0.717, 1.165) is 6.20 Å². The Labute approximate surface area is 127 Å². The molecule has 1 aromatic carbocycles. The van der Waals surface area contributed by atoms with E-state index >= 15 is 0 Å². The molecule has 0 saturated heterocycles. The highest BCUT2D eigenvalue weighted by atomic mass is 19.3. The van der Waals surface area contributed by atoms with Gasteiger partial charge in [-0.2, -0.15) is 22.7 Å². The Balaban J connectivity index is 2.37. The van der Waals surface area contributed by atoms with Gasteiger partial charge in [0, 0.05) is 11.9 Å². The van der Waals surface area contributed by atoms with Gasteiger partial charge in [0.25, 0.3) is 0 Å². The molecule has 0 saturated carbocycles. The number of aromatic nitrogens is 2. The molecule has 0 amide bonds. The molecule has 2 N–H and O–H groups in total. The van der Waals surface area contributed by atoms with E-state index in [-0.39, 0.29) is 6.54 Å². The van der Waals surface area contributed by atoms with Crippen molar-refractivity contribution in [2.75, 3.05) is 5.73 Å².